The third kappa shape index (κ3) is 3.05. The number of benzene rings is 1. The molecule has 0 saturated carbocycles. The maximum absolute atomic E-state index is 12.1. The minimum atomic E-state index is -0.835. The molecule has 102 valence electrons. The van der Waals surface area contributed by atoms with Crippen LogP contribution in [0.1, 0.15) is 12.5 Å². The summed E-state index contributed by atoms with van der Waals surface area (Å²) in [4.78, 5) is 24.6. The van der Waals surface area contributed by atoms with Gasteiger partial charge in [0.05, 0.1) is 5.92 Å². The molecule has 0 aromatic heterocycles. The van der Waals surface area contributed by atoms with Crippen LogP contribution in [0, 0.1) is 18.8 Å². The molecule has 2 N–H and O–H groups in total. The number of carbonyl (C=O) groups is 2. The molecule has 0 bridgehead atoms. The van der Waals surface area contributed by atoms with Gasteiger partial charge in [-0.2, -0.15) is 0 Å². The predicted molar refractivity (Wildman–Crippen MR) is 72.1 cm³/mol. The molecule has 2 amide bonds. The number of rotatable bonds is 2. The Kier molecular flexibility index (Phi) is 3.74. The quantitative estimate of drug-likeness (QED) is 0.858. The van der Waals surface area contributed by atoms with Crippen molar-refractivity contribution in [3.8, 4) is 0 Å². The van der Waals surface area contributed by atoms with Gasteiger partial charge in [0, 0.05) is 18.8 Å². The molecule has 5 heteroatoms. The van der Waals surface area contributed by atoms with Gasteiger partial charge in [0.1, 0.15) is 0 Å². The van der Waals surface area contributed by atoms with E-state index in [2.05, 4.69) is 5.32 Å². The van der Waals surface area contributed by atoms with Crippen molar-refractivity contribution in [3.63, 3.8) is 0 Å². The highest BCUT2D eigenvalue weighted by Crippen LogP contribution is 2.24. The van der Waals surface area contributed by atoms with Crippen LogP contribution in [0.3, 0.4) is 0 Å². The molecule has 1 fully saturated rings. The Labute approximate surface area is 112 Å². The van der Waals surface area contributed by atoms with E-state index in [0.29, 0.717) is 6.54 Å². The van der Waals surface area contributed by atoms with Gasteiger partial charge in [0.2, 0.25) is 0 Å². The smallest absolute Gasteiger partial charge is 0.321 e. The normalized spacial score (nSPS) is 22.3. The Morgan fingerprint density at radius 3 is 2.68 bits per heavy atom. The average molecular weight is 262 g/mol. The fourth-order valence-electron chi connectivity index (χ4n) is 2.38. The van der Waals surface area contributed by atoms with Crippen LogP contribution in [0.15, 0.2) is 24.3 Å². The van der Waals surface area contributed by atoms with E-state index in [-0.39, 0.29) is 18.5 Å². The maximum Gasteiger partial charge on any atom is 0.321 e. The highest BCUT2D eigenvalue weighted by atomic mass is 16.4. The van der Waals surface area contributed by atoms with Crippen LogP contribution in [0.25, 0.3) is 0 Å². The fourth-order valence-corrected chi connectivity index (χ4v) is 2.38. The molecule has 19 heavy (non-hydrogen) atoms. The van der Waals surface area contributed by atoms with Gasteiger partial charge in [-0.1, -0.05) is 19.1 Å². The van der Waals surface area contributed by atoms with Gasteiger partial charge in [0.15, 0.2) is 0 Å². The van der Waals surface area contributed by atoms with Gasteiger partial charge in [-0.15, -0.1) is 0 Å². The van der Waals surface area contributed by atoms with E-state index in [9.17, 15) is 9.59 Å². The number of likely N-dealkylation sites (tertiary alicyclic amines) is 1. The zero-order valence-corrected chi connectivity index (χ0v) is 11.1. The van der Waals surface area contributed by atoms with E-state index in [1.54, 1.807) is 4.90 Å². The summed E-state index contributed by atoms with van der Waals surface area (Å²) in [6, 6.07) is 7.29. The number of nitrogens with one attached hydrogen (secondary N) is 1. The molecule has 2 rings (SSSR count). The Bertz CT molecular complexity index is 501. The fraction of sp³-hybridized carbons (Fsp3) is 0.429. The zero-order chi connectivity index (χ0) is 14.0. The highest BCUT2D eigenvalue weighted by molar-refractivity contribution is 5.90. The van der Waals surface area contributed by atoms with Gasteiger partial charge in [-0.3, -0.25) is 4.79 Å². The van der Waals surface area contributed by atoms with E-state index in [1.807, 2.05) is 38.1 Å². The summed E-state index contributed by atoms with van der Waals surface area (Å²) < 4.78 is 0. The summed E-state index contributed by atoms with van der Waals surface area (Å²) in [6.07, 6.45) is 0. The number of hydrogen-bond donors (Lipinski definition) is 2. The number of nitrogens with zero attached hydrogens (tertiary/aromatic N) is 1. The largest absolute Gasteiger partial charge is 0.481 e. The Morgan fingerprint density at radius 1 is 1.37 bits per heavy atom. The number of carboxylic acids is 1. The Hall–Kier alpha value is -2.04. The van der Waals surface area contributed by atoms with Gasteiger partial charge < -0.3 is 15.3 Å². The summed E-state index contributed by atoms with van der Waals surface area (Å²) >= 11 is 0. The van der Waals surface area contributed by atoms with Crippen molar-refractivity contribution in [2.45, 2.75) is 13.8 Å². The Balaban J connectivity index is 2.00. The molecular formula is C14H18N2O3. The van der Waals surface area contributed by atoms with Crippen molar-refractivity contribution in [1.29, 1.82) is 0 Å². The van der Waals surface area contributed by atoms with Crippen molar-refractivity contribution < 1.29 is 14.7 Å². The van der Waals surface area contributed by atoms with E-state index < -0.39 is 11.9 Å². The highest BCUT2D eigenvalue weighted by Gasteiger charge is 2.36. The molecule has 0 radical (unpaired) electrons. The lowest BCUT2D eigenvalue weighted by Crippen LogP contribution is -2.33. The summed E-state index contributed by atoms with van der Waals surface area (Å²) in [5.74, 6) is -1.32. The zero-order valence-electron chi connectivity index (χ0n) is 11.1. The minimum Gasteiger partial charge on any atom is -0.481 e. The van der Waals surface area contributed by atoms with Crippen molar-refractivity contribution in [2.24, 2.45) is 11.8 Å². The van der Waals surface area contributed by atoms with Gasteiger partial charge in [-0.05, 0) is 30.5 Å². The van der Waals surface area contributed by atoms with E-state index >= 15 is 0 Å². The van der Waals surface area contributed by atoms with Crippen LogP contribution in [0.4, 0.5) is 10.5 Å². The van der Waals surface area contributed by atoms with Gasteiger partial charge in [0.25, 0.3) is 0 Å². The lowest BCUT2D eigenvalue weighted by Gasteiger charge is -2.17. The third-order valence-electron chi connectivity index (χ3n) is 3.49. The molecule has 1 aliphatic heterocycles. The summed E-state index contributed by atoms with van der Waals surface area (Å²) in [7, 11) is 0. The molecule has 1 saturated heterocycles. The monoisotopic (exact) mass is 262 g/mol. The van der Waals surface area contributed by atoms with Gasteiger partial charge >= 0.3 is 12.0 Å². The number of hydrogen-bond acceptors (Lipinski definition) is 2. The van der Waals surface area contributed by atoms with Gasteiger partial charge in [-0.25, -0.2) is 4.79 Å². The molecular weight excluding hydrogens is 244 g/mol. The lowest BCUT2D eigenvalue weighted by atomic mass is 9.99. The second-order valence-corrected chi connectivity index (χ2v) is 5.13. The van der Waals surface area contributed by atoms with Crippen LogP contribution in [-0.4, -0.2) is 35.1 Å². The standard InChI is InChI=1S/C14H18N2O3/c1-9-4-3-5-11(6-9)15-14(19)16-7-10(2)12(8-16)13(17)18/h3-6,10,12H,7-8H2,1-2H3,(H,15,19)(H,17,18). The maximum atomic E-state index is 12.1. The van der Waals surface area contributed by atoms with Crippen LogP contribution in [0.2, 0.25) is 0 Å². The van der Waals surface area contributed by atoms with E-state index in [1.165, 1.54) is 0 Å². The van der Waals surface area contributed by atoms with E-state index in [0.717, 1.165) is 11.3 Å². The van der Waals surface area contributed by atoms with E-state index in [4.69, 9.17) is 5.11 Å². The first kappa shape index (κ1) is 13.4. The number of amides is 2. The summed E-state index contributed by atoms with van der Waals surface area (Å²) in [6.45, 7) is 4.57. The third-order valence-corrected chi connectivity index (χ3v) is 3.49. The van der Waals surface area contributed by atoms with Crippen LogP contribution in [0.5, 0.6) is 0 Å². The predicted octanol–water partition coefficient (Wildman–Crippen LogP) is 2.18. The first-order chi connectivity index (χ1) is 8.97. The molecule has 2 atom stereocenters. The minimum absolute atomic E-state index is 0.0132. The molecule has 2 unspecified atom stereocenters. The van der Waals surface area contributed by atoms with Crippen molar-refractivity contribution in [2.75, 3.05) is 18.4 Å². The van der Waals surface area contributed by atoms with Crippen LogP contribution >= 0.6 is 0 Å². The number of aliphatic carboxylic acids is 1. The van der Waals surface area contributed by atoms with Crippen LogP contribution in [-0.2, 0) is 4.79 Å². The average Bonchev–Trinajstić information content (AvgIpc) is 2.71. The first-order valence-corrected chi connectivity index (χ1v) is 6.33. The first-order valence-electron chi connectivity index (χ1n) is 6.33. The summed E-state index contributed by atoms with van der Waals surface area (Å²) in [5, 5.41) is 11.8. The molecule has 0 spiro atoms. The summed E-state index contributed by atoms with van der Waals surface area (Å²) in [5.41, 5.74) is 1.80. The molecule has 1 aromatic rings. The van der Waals surface area contributed by atoms with Crippen molar-refractivity contribution in [3.05, 3.63) is 29.8 Å². The molecule has 1 heterocycles. The Morgan fingerprint density at radius 2 is 2.11 bits per heavy atom. The molecule has 0 aliphatic carbocycles. The van der Waals surface area contributed by atoms with Crippen LogP contribution < -0.4 is 5.32 Å². The lowest BCUT2D eigenvalue weighted by molar-refractivity contribution is -0.142. The number of carbonyl (C=O) groups excluding carboxylic acids is 1. The number of urea groups is 1. The molecule has 1 aliphatic rings. The topological polar surface area (TPSA) is 69.6 Å². The number of anilines is 1. The second-order valence-electron chi connectivity index (χ2n) is 5.13. The molecule has 1 aromatic carbocycles. The number of aryl methyl sites for hydroxylation is 1. The van der Waals surface area contributed by atoms with Crippen molar-refractivity contribution in [1.82, 2.24) is 4.90 Å². The van der Waals surface area contributed by atoms with Crippen molar-refractivity contribution >= 4 is 17.7 Å². The molecule has 5 nitrogen and oxygen atoms in total. The second kappa shape index (κ2) is 5.30. The SMILES string of the molecule is Cc1cccc(NC(=O)N2CC(C)C(C(=O)O)C2)c1. The number of carboxylic acid groups (broad SMARTS) is 1.